The Kier molecular flexibility index (Phi) is 4.92. The maximum absolute atomic E-state index is 12.5. The molecule has 0 fully saturated rings. The van der Waals surface area contributed by atoms with Crippen LogP contribution in [0.1, 0.15) is 19.8 Å². The first kappa shape index (κ1) is 16.2. The molecule has 1 aromatic rings. The fraction of sp³-hybridized carbons (Fsp3) is 0.571. The van der Waals surface area contributed by atoms with Gasteiger partial charge >= 0.3 is 5.82 Å². The molecule has 0 N–H and O–H groups in total. The zero-order valence-corrected chi connectivity index (χ0v) is 13.0. The predicted molar refractivity (Wildman–Crippen MR) is 81.1 cm³/mol. The molecule has 1 atom stereocenters. The number of nitrogens with zero attached hydrogens (tertiary/aromatic N) is 4. The van der Waals surface area contributed by atoms with Gasteiger partial charge in [-0.1, -0.05) is 6.92 Å². The highest BCUT2D eigenvalue weighted by atomic mass is 16.6. The smallest absolute Gasteiger partial charge is 0.366 e. The van der Waals surface area contributed by atoms with Crippen molar-refractivity contribution in [1.82, 2.24) is 9.88 Å². The Bertz CT molecular complexity index is 576. The zero-order valence-electron chi connectivity index (χ0n) is 13.0. The molecule has 2 rings (SSSR count). The highest BCUT2D eigenvalue weighted by Gasteiger charge is 2.37. The van der Waals surface area contributed by atoms with Gasteiger partial charge in [0.15, 0.2) is 11.9 Å². The van der Waals surface area contributed by atoms with Crippen LogP contribution in [0.3, 0.4) is 0 Å². The first-order valence-corrected chi connectivity index (χ1v) is 7.22. The molecular formula is C14H20N4O4. The summed E-state index contributed by atoms with van der Waals surface area (Å²) in [4.78, 5) is 30.3. The zero-order chi connectivity index (χ0) is 16.3. The average Bonchev–Trinajstić information content (AvgIpc) is 2.48. The van der Waals surface area contributed by atoms with Crippen LogP contribution in [0.25, 0.3) is 0 Å². The van der Waals surface area contributed by atoms with Gasteiger partial charge in [0.25, 0.3) is 11.7 Å². The van der Waals surface area contributed by atoms with E-state index >= 15 is 0 Å². The number of carbonyl (C=O) groups is 1. The van der Waals surface area contributed by atoms with Crippen LogP contribution in [0.15, 0.2) is 12.1 Å². The standard InChI is InChI=1S/C14H20N4O4/c1-4-10-14(19)17(9-5-8-16(2)3)13-11(22-10)6-7-12(15-13)18(20)21/h6-7,10H,4-5,8-9H2,1-3H3. The van der Waals surface area contributed by atoms with Crippen molar-refractivity contribution in [3.05, 3.63) is 22.2 Å². The Balaban J connectivity index is 2.31. The molecule has 120 valence electrons. The second-order valence-electron chi connectivity index (χ2n) is 5.41. The first-order chi connectivity index (χ1) is 10.4. The van der Waals surface area contributed by atoms with Gasteiger partial charge in [-0.25, -0.2) is 0 Å². The van der Waals surface area contributed by atoms with Crippen molar-refractivity contribution in [3.63, 3.8) is 0 Å². The van der Waals surface area contributed by atoms with Crippen molar-refractivity contribution >= 4 is 17.5 Å². The lowest BCUT2D eigenvalue weighted by molar-refractivity contribution is -0.389. The average molecular weight is 308 g/mol. The number of fused-ring (bicyclic) bond motifs is 1. The van der Waals surface area contributed by atoms with Crippen LogP contribution in [-0.4, -0.2) is 54.0 Å². The maximum Gasteiger partial charge on any atom is 0.366 e. The van der Waals surface area contributed by atoms with Crippen molar-refractivity contribution in [1.29, 1.82) is 0 Å². The van der Waals surface area contributed by atoms with Crippen LogP contribution in [0, 0.1) is 10.1 Å². The Morgan fingerprint density at radius 2 is 2.18 bits per heavy atom. The molecule has 0 aliphatic carbocycles. The van der Waals surface area contributed by atoms with E-state index in [9.17, 15) is 14.9 Å². The molecule has 1 unspecified atom stereocenters. The number of aromatic nitrogens is 1. The quantitative estimate of drug-likeness (QED) is 0.583. The number of anilines is 1. The molecule has 0 saturated heterocycles. The minimum atomic E-state index is -0.575. The van der Waals surface area contributed by atoms with Crippen molar-refractivity contribution in [2.24, 2.45) is 0 Å². The van der Waals surface area contributed by atoms with Crippen LogP contribution in [0.2, 0.25) is 0 Å². The highest BCUT2D eigenvalue weighted by molar-refractivity contribution is 5.99. The van der Waals surface area contributed by atoms with Crippen LogP contribution in [0.4, 0.5) is 11.6 Å². The molecule has 1 aliphatic heterocycles. The van der Waals surface area contributed by atoms with Gasteiger partial charge in [0.05, 0.1) is 0 Å². The van der Waals surface area contributed by atoms with E-state index < -0.39 is 11.0 Å². The molecule has 0 spiro atoms. The van der Waals surface area contributed by atoms with E-state index in [0.717, 1.165) is 13.0 Å². The van der Waals surface area contributed by atoms with Crippen molar-refractivity contribution in [3.8, 4) is 5.75 Å². The van der Waals surface area contributed by atoms with Crippen molar-refractivity contribution < 1.29 is 14.5 Å². The van der Waals surface area contributed by atoms with Crippen molar-refractivity contribution in [2.75, 3.05) is 32.1 Å². The number of carbonyl (C=O) groups excluding carboxylic acids is 1. The summed E-state index contributed by atoms with van der Waals surface area (Å²) in [7, 11) is 3.90. The van der Waals surface area contributed by atoms with Crippen LogP contribution in [-0.2, 0) is 4.79 Å². The molecule has 1 amide bonds. The maximum atomic E-state index is 12.5. The van der Waals surface area contributed by atoms with Gasteiger partial charge in [-0.3, -0.25) is 9.69 Å². The fourth-order valence-corrected chi connectivity index (χ4v) is 2.31. The summed E-state index contributed by atoms with van der Waals surface area (Å²) < 4.78 is 5.60. The van der Waals surface area contributed by atoms with Crippen LogP contribution in [0.5, 0.6) is 5.75 Å². The summed E-state index contributed by atoms with van der Waals surface area (Å²) in [6, 6.07) is 2.80. The number of rotatable bonds is 6. The molecule has 8 heteroatoms. The van der Waals surface area contributed by atoms with E-state index in [4.69, 9.17) is 4.74 Å². The molecule has 22 heavy (non-hydrogen) atoms. The Labute approximate surface area is 128 Å². The van der Waals surface area contributed by atoms with Gasteiger partial charge in [0, 0.05) is 12.6 Å². The predicted octanol–water partition coefficient (Wildman–Crippen LogP) is 1.45. The molecule has 0 radical (unpaired) electrons. The fourth-order valence-electron chi connectivity index (χ4n) is 2.31. The van der Waals surface area contributed by atoms with E-state index in [0.29, 0.717) is 18.7 Å². The monoisotopic (exact) mass is 308 g/mol. The van der Waals surface area contributed by atoms with Crippen LogP contribution >= 0.6 is 0 Å². The summed E-state index contributed by atoms with van der Waals surface area (Å²) in [6.07, 6.45) is 0.730. The summed E-state index contributed by atoms with van der Waals surface area (Å²) in [6.45, 7) is 3.13. The summed E-state index contributed by atoms with van der Waals surface area (Å²) in [5, 5.41) is 10.9. The molecule has 0 aromatic carbocycles. The summed E-state index contributed by atoms with van der Waals surface area (Å²) in [5.74, 6) is 0.175. The highest BCUT2D eigenvalue weighted by Crippen LogP contribution is 2.34. The molecule has 0 saturated carbocycles. The van der Waals surface area contributed by atoms with Crippen molar-refractivity contribution in [2.45, 2.75) is 25.9 Å². The lowest BCUT2D eigenvalue weighted by Gasteiger charge is -2.30. The third kappa shape index (κ3) is 3.33. The third-order valence-electron chi connectivity index (χ3n) is 3.44. The van der Waals surface area contributed by atoms with Gasteiger partial charge < -0.3 is 19.8 Å². The second kappa shape index (κ2) is 6.69. The largest absolute Gasteiger partial charge is 0.474 e. The summed E-state index contributed by atoms with van der Waals surface area (Å²) >= 11 is 0. The number of pyridine rings is 1. The summed E-state index contributed by atoms with van der Waals surface area (Å²) in [5.41, 5.74) is 0. The lowest BCUT2D eigenvalue weighted by atomic mass is 10.2. The Morgan fingerprint density at radius 3 is 2.77 bits per heavy atom. The molecule has 2 heterocycles. The van der Waals surface area contributed by atoms with E-state index in [2.05, 4.69) is 4.98 Å². The van der Waals surface area contributed by atoms with Gasteiger partial charge in [-0.15, -0.1) is 0 Å². The normalized spacial score (nSPS) is 17.4. The first-order valence-electron chi connectivity index (χ1n) is 7.22. The molecule has 8 nitrogen and oxygen atoms in total. The van der Waals surface area contributed by atoms with E-state index in [1.807, 2.05) is 25.9 Å². The molecular weight excluding hydrogens is 288 g/mol. The van der Waals surface area contributed by atoms with E-state index in [-0.39, 0.29) is 17.5 Å². The van der Waals surface area contributed by atoms with Crippen LogP contribution < -0.4 is 9.64 Å². The number of nitro groups is 1. The van der Waals surface area contributed by atoms with Gasteiger partial charge in [0.1, 0.15) is 0 Å². The van der Waals surface area contributed by atoms with E-state index in [1.54, 1.807) is 0 Å². The molecule has 1 aliphatic rings. The van der Waals surface area contributed by atoms with Gasteiger partial charge in [-0.2, -0.15) is 0 Å². The second-order valence-corrected chi connectivity index (χ2v) is 5.41. The Hall–Kier alpha value is -2.22. The lowest BCUT2D eigenvalue weighted by Crippen LogP contribution is -2.47. The topological polar surface area (TPSA) is 88.8 Å². The molecule has 0 bridgehead atoms. The third-order valence-corrected chi connectivity index (χ3v) is 3.44. The SMILES string of the molecule is CCC1Oc2ccc([N+](=O)[O-])nc2N(CCCN(C)C)C1=O. The minimum Gasteiger partial charge on any atom is -0.474 e. The number of ether oxygens (including phenoxy) is 1. The van der Waals surface area contributed by atoms with Gasteiger partial charge in [-0.05, 0) is 49.5 Å². The Morgan fingerprint density at radius 1 is 1.45 bits per heavy atom. The minimum absolute atomic E-state index is 0.193. The number of amides is 1. The number of hydrogen-bond donors (Lipinski definition) is 0. The molecule has 1 aromatic heterocycles. The van der Waals surface area contributed by atoms with Gasteiger partial charge in [0.2, 0.25) is 0 Å². The number of hydrogen-bond acceptors (Lipinski definition) is 6. The van der Waals surface area contributed by atoms with E-state index in [1.165, 1.54) is 17.0 Å².